The van der Waals surface area contributed by atoms with Crippen molar-refractivity contribution in [2.75, 3.05) is 11.5 Å². The van der Waals surface area contributed by atoms with Crippen molar-refractivity contribution in [2.24, 2.45) is 0 Å². The van der Waals surface area contributed by atoms with E-state index in [9.17, 15) is 4.79 Å². The van der Waals surface area contributed by atoms with E-state index >= 15 is 0 Å². The molecule has 1 aromatic heterocycles. The molecule has 1 amide bonds. The van der Waals surface area contributed by atoms with Crippen LogP contribution in [0.3, 0.4) is 0 Å². The van der Waals surface area contributed by atoms with Crippen LogP contribution in [-0.4, -0.2) is 17.4 Å². The average Bonchev–Trinajstić information content (AvgIpc) is 3.00. The van der Waals surface area contributed by atoms with Gasteiger partial charge >= 0.3 is 0 Å². The Labute approximate surface area is 136 Å². The fourth-order valence-corrected chi connectivity index (χ4v) is 3.12. The van der Waals surface area contributed by atoms with Crippen LogP contribution in [0.15, 0.2) is 41.1 Å². The fourth-order valence-electron chi connectivity index (χ4n) is 1.85. The molecule has 0 aliphatic carbocycles. The molecule has 0 bridgehead atoms. The lowest BCUT2D eigenvalue weighted by Crippen LogP contribution is -2.30. The standard InChI is InChI=1S/C15H13ClN2OS2/c16-13-3-1-11(2-4-13)15(12-5-7-20-9-12)18-14(19)10-21-8-6-17/h1-5,7,9,15H,8,10H2,(H,18,19)/t15-/m0/s1. The summed E-state index contributed by atoms with van der Waals surface area (Å²) < 4.78 is 0. The third-order valence-corrected chi connectivity index (χ3v) is 4.54. The maximum atomic E-state index is 12.0. The van der Waals surface area contributed by atoms with E-state index < -0.39 is 0 Å². The molecule has 6 heteroatoms. The van der Waals surface area contributed by atoms with Gasteiger partial charge in [-0.3, -0.25) is 4.79 Å². The highest BCUT2D eigenvalue weighted by Gasteiger charge is 2.17. The lowest BCUT2D eigenvalue weighted by molar-refractivity contribution is -0.119. The van der Waals surface area contributed by atoms with Crippen LogP contribution in [-0.2, 0) is 4.79 Å². The smallest absolute Gasteiger partial charge is 0.230 e. The second-order valence-electron chi connectivity index (χ2n) is 4.26. The SMILES string of the molecule is N#CCSCC(=O)N[C@@H](c1ccc(Cl)cc1)c1ccsc1. The summed E-state index contributed by atoms with van der Waals surface area (Å²) in [6.07, 6.45) is 0. The van der Waals surface area contributed by atoms with E-state index in [1.54, 1.807) is 11.3 Å². The van der Waals surface area contributed by atoms with Crippen molar-refractivity contribution < 1.29 is 4.79 Å². The number of benzene rings is 1. The minimum Gasteiger partial charge on any atom is -0.344 e. The van der Waals surface area contributed by atoms with Crippen LogP contribution in [0.1, 0.15) is 17.2 Å². The molecule has 1 heterocycles. The predicted molar refractivity (Wildman–Crippen MR) is 88.7 cm³/mol. The van der Waals surface area contributed by atoms with Gasteiger partial charge in [-0.25, -0.2) is 0 Å². The summed E-state index contributed by atoms with van der Waals surface area (Å²) in [5.41, 5.74) is 2.03. The number of thiophene rings is 1. The fraction of sp³-hybridized carbons (Fsp3) is 0.200. The van der Waals surface area contributed by atoms with Gasteiger partial charge in [0.15, 0.2) is 0 Å². The van der Waals surface area contributed by atoms with Crippen molar-refractivity contribution in [1.82, 2.24) is 5.32 Å². The van der Waals surface area contributed by atoms with Gasteiger partial charge in [0.2, 0.25) is 5.91 Å². The Bertz CT molecular complexity index is 620. The number of halogens is 1. The molecule has 21 heavy (non-hydrogen) atoms. The first kappa shape index (κ1) is 15.9. The maximum absolute atomic E-state index is 12.0. The molecule has 0 radical (unpaired) electrons. The molecule has 0 aliphatic rings. The van der Waals surface area contributed by atoms with Crippen molar-refractivity contribution in [3.63, 3.8) is 0 Å². The van der Waals surface area contributed by atoms with E-state index in [1.165, 1.54) is 11.8 Å². The maximum Gasteiger partial charge on any atom is 0.230 e. The molecule has 0 spiro atoms. The Morgan fingerprint density at radius 1 is 1.33 bits per heavy atom. The van der Waals surface area contributed by atoms with E-state index in [1.807, 2.05) is 47.2 Å². The number of hydrogen-bond donors (Lipinski definition) is 1. The van der Waals surface area contributed by atoms with Gasteiger partial charge in [0.1, 0.15) is 0 Å². The summed E-state index contributed by atoms with van der Waals surface area (Å²) in [5, 5.41) is 16.2. The van der Waals surface area contributed by atoms with Gasteiger partial charge in [0.05, 0.1) is 23.6 Å². The number of carbonyl (C=O) groups is 1. The second kappa shape index (κ2) is 8.08. The molecule has 0 fully saturated rings. The lowest BCUT2D eigenvalue weighted by atomic mass is 10.0. The van der Waals surface area contributed by atoms with Crippen molar-refractivity contribution in [3.8, 4) is 6.07 Å². The first-order valence-electron chi connectivity index (χ1n) is 6.22. The van der Waals surface area contributed by atoms with Crippen molar-refractivity contribution >= 4 is 40.6 Å². The average molecular weight is 337 g/mol. The zero-order chi connectivity index (χ0) is 15.1. The Morgan fingerprint density at radius 2 is 2.10 bits per heavy atom. The number of hydrogen-bond acceptors (Lipinski definition) is 4. The number of nitriles is 1. The summed E-state index contributed by atoms with van der Waals surface area (Å²) >= 11 is 8.81. The van der Waals surface area contributed by atoms with Crippen LogP contribution < -0.4 is 5.32 Å². The number of carbonyl (C=O) groups excluding carboxylic acids is 1. The second-order valence-corrected chi connectivity index (χ2v) is 6.46. The minimum atomic E-state index is -0.191. The predicted octanol–water partition coefficient (Wildman–Crippen LogP) is 3.86. The molecule has 108 valence electrons. The summed E-state index contributed by atoms with van der Waals surface area (Å²) in [6.45, 7) is 0. The first-order valence-corrected chi connectivity index (χ1v) is 8.70. The third kappa shape index (κ3) is 4.78. The van der Waals surface area contributed by atoms with Gasteiger partial charge in [-0.15, -0.1) is 11.8 Å². The Morgan fingerprint density at radius 3 is 2.71 bits per heavy atom. The van der Waals surface area contributed by atoms with E-state index in [0.717, 1.165) is 11.1 Å². The molecule has 1 N–H and O–H groups in total. The van der Waals surface area contributed by atoms with Crippen LogP contribution in [0, 0.1) is 11.3 Å². The van der Waals surface area contributed by atoms with Gasteiger partial charge in [-0.05, 0) is 40.1 Å². The summed E-state index contributed by atoms with van der Waals surface area (Å²) in [6, 6.07) is 11.3. The van der Waals surface area contributed by atoms with Crippen LogP contribution in [0.25, 0.3) is 0 Å². The van der Waals surface area contributed by atoms with Gasteiger partial charge in [-0.2, -0.15) is 16.6 Å². The highest BCUT2D eigenvalue weighted by Crippen LogP contribution is 2.25. The van der Waals surface area contributed by atoms with Crippen LogP contribution in [0.4, 0.5) is 0 Å². The van der Waals surface area contributed by atoms with E-state index in [4.69, 9.17) is 16.9 Å². The minimum absolute atomic E-state index is 0.0820. The monoisotopic (exact) mass is 336 g/mol. The first-order chi connectivity index (χ1) is 10.2. The van der Waals surface area contributed by atoms with Crippen molar-refractivity contribution in [3.05, 3.63) is 57.2 Å². The molecule has 3 nitrogen and oxygen atoms in total. The molecule has 0 unspecified atom stereocenters. The largest absolute Gasteiger partial charge is 0.344 e. The number of thioether (sulfide) groups is 1. The van der Waals surface area contributed by atoms with Gasteiger partial charge < -0.3 is 5.32 Å². The van der Waals surface area contributed by atoms with Crippen molar-refractivity contribution in [2.45, 2.75) is 6.04 Å². The lowest BCUT2D eigenvalue weighted by Gasteiger charge is -2.18. The Hall–Kier alpha value is -1.48. The molecule has 2 rings (SSSR count). The van der Waals surface area contributed by atoms with Crippen LogP contribution in [0.5, 0.6) is 0 Å². The van der Waals surface area contributed by atoms with Crippen LogP contribution in [0.2, 0.25) is 5.02 Å². The summed E-state index contributed by atoms with van der Waals surface area (Å²) in [4.78, 5) is 12.0. The van der Waals surface area contributed by atoms with Crippen molar-refractivity contribution in [1.29, 1.82) is 5.26 Å². The van der Waals surface area contributed by atoms with E-state index in [-0.39, 0.29) is 17.7 Å². The molecule has 0 saturated carbocycles. The zero-order valence-corrected chi connectivity index (χ0v) is 13.5. The molecule has 1 atom stereocenters. The Balaban J connectivity index is 2.12. The normalized spacial score (nSPS) is 11.6. The summed E-state index contributed by atoms with van der Waals surface area (Å²) in [7, 11) is 0. The van der Waals surface area contributed by atoms with Gasteiger partial charge in [-0.1, -0.05) is 23.7 Å². The topological polar surface area (TPSA) is 52.9 Å². The van der Waals surface area contributed by atoms with E-state index in [2.05, 4.69) is 5.32 Å². The molecule has 2 aromatic rings. The number of rotatable bonds is 6. The third-order valence-electron chi connectivity index (χ3n) is 2.78. The number of nitrogens with zero attached hydrogens (tertiary/aromatic N) is 1. The number of amides is 1. The van der Waals surface area contributed by atoms with Gasteiger partial charge in [0, 0.05) is 5.02 Å². The highest BCUT2D eigenvalue weighted by atomic mass is 35.5. The Kier molecular flexibility index (Phi) is 6.12. The summed E-state index contributed by atoms with van der Waals surface area (Å²) in [5.74, 6) is 0.514. The molecule has 0 saturated heterocycles. The number of nitrogens with one attached hydrogen (secondary N) is 1. The quantitative estimate of drug-likeness (QED) is 0.815. The molecular formula is C15H13ClN2OS2. The highest BCUT2D eigenvalue weighted by molar-refractivity contribution is 8.00. The van der Waals surface area contributed by atoms with Gasteiger partial charge in [0.25, 0.3) is 0 Å². The van der Waals surface area contributed by atoms with E-state index in [0.29, 0.717) is 10.8 Å². The molecule has 1 aromatic carbocycles. The molecular weight excluding hydrogens is 324 g/mol. The zero-order valence-electron chi connectivity index (χ0n) is 11.1. The van der Waals surface area contributed by atoms with Crippen LogP contribution >= 0.6 is 34.7 Å². The molecule has 0 aliphatic heterocycles.